The molecule has 0 unspecified atom stereocenters. The smallest absolute Gasteiger partial charge is 0.253 e. The van der Waals surface area contributed by atoms with E-state index in [9.17, 15) is 9.59 Å². The van der Waals surface area contributed by atoms with Gasteiger partial charge in [0.15, 0.2) is 0 Å². The summed E-state index contributed by atoms with van der Waals surface area (Å²) in [6.07, 6.45) is 2.78. The van der Waals surface area contributed by atoms with Crippen LogP contribution in [0.15, 0.2) is 24.3 Å². The van der Waals surface area contributed by atoms with E-state index < -0.39 is 0 Å². The molecule has 0 atom stereocenters. The first-order chi connectivity index (χ1) is 9.97. The van der Waals surface area contributed by atoms with E-state index in [0.29, 0.717) is 29.9 Å². The predicted molar refractivity (Wildman–Crippen MR) is 81.6 cm³/mol. The van der Waals surface area contributed by atoms with E-state index in [2.05, 4.69) is 0 Å². The molecular weight excluding hydrogens is 266 g/mol. The van der Waals surface area contributed by atoms with Crippen molar-refractivity contribution in [3.05, 3.63) is 29.8 Å². The van der Waals surface area contributed by atoms with Gasteiger partial charge in [-0.1, -0.05) is 6.07 Å². The molecule has 1 amide bonds. The number of ether oxygens (including phenoxy) is 1. The van der Waals surface area contributed by atoms with Crippen LogP contribution in [0.4, 0.5) is 0 Å². The molecule has 4 heteroatoms. The van der Waals surface area contributed by atoms with Gasteiger partial charge in [0.1, 0.15) is 11.5 Å². The molecule has 0 N–H and O–H groups in total. The van der Waals surface area contributed by atoms with E-state index in [1.165, 1.54) is 0 Å². The molecule has 1 aromatic rings. The summed E-state index contributed by atoms with van der Waals surface area (Å²) in [5.41, 5.74) is 0.632. The molecule has 0 spiro atoms. The van der Waals surface area contributed by atoms with E-state index in [1.54, 1.807) is 17.0 Å². The minimum absolute atomic E-state index is 0.0106. The maximum atomic E-state index is 12.5. The molecule has 114 valence electrons. The number of carbonyl (C=O) groups excluding carboxylic acids is 2. The third kappa shape index (κ3) is 4.06. The Morgan fingerprint density at radius 3 is 2.57 bits per heavy atom. The van der Waals surface area contributed by atoms with Crippen LogP contribution in [0, 0.1) is 0 Å². The van der Waals surface area contributed by atoms with E-state index >= 15 is 0 Å². The summed E-state index contributed by atoms with van der Waals surface area (Å²) in [6, 6.07) is 7.44. The Morgan fingerprint density at radius 1 is 1.29 bits per heavy atom. The van der Waals surface area contributed by atoms with Gasteiger partial charge in [-0.15, -0.1) is 0 Å². The lowest BCUT2D eigenvalue weighted by atomic mass is 9.93. The van der Waals surface area contributed by atoms with Crippen molar-refractivity contribution in [1.82, 2.24) is 4.90 Å². The molecule has 21 heavy (non-hydrogen) atoms. The lowest BCUT2D eigenvalue weighted by molar-refractivity contribution is -0.121. The SMILES string of the molecule is CC(C)Oc1cccc(C(=O)N(C)C2CCC(=O)CC2)c1. The second-order valence-electron chi connectivity index (χ2n) is 5.88. The summed E-state index contributed by atoms with van der Waals surface area (Å²) in [4.78, 5) is 25.6. The Labute approximate surface area is 126 Å². The molecule has 0 aromatic heterocycles. The summed E-state index contributed by atoms with van der Waals surface area (Å²) in [5, 5.41) is 0. The maximum absolute atomic E-state index is 12.5. The minimum atomic E-state index is -0.0106. The second kappa shape index (κ2) is 6.74. The monoisotopic (exact) mass is 289 g/mol. The van der Waals surface area contributed by atoms with Crippen molar-refractivity contribution < 1.29 is 14.3 Å². The van der Waals surface area contributed by atoms with Crippen LogP contribution in [0.1, 0.15) is 49.9 Å². The van der Waals surface area contributed by atoms with Crippen molar-refractivity contribution in [2.45, 2.75) is 51.7 Å². The summed E-state index contributed by atoms with van der Waals surface area (Å²) >= 11 is 0. The quantitative estimate of drug-likeness (QED) is 0.856. The number of benzene rings is 1. The molecule has 0 heterocycles. The van der Waals surface area contributed by atoms with E-state index in [4.69, 9.17) is 4.74 Å². The fourth-order valence-corrected chi connectivity index (χ4v) is 2.66. The molecule has 0 bridgehead atoms. The minimum Gasteiger partial charge on any atom is -0.491 e. The topological polar surface area (TPSA) is 46.6 Å². The number of carbonyl (C=O) groups is 2. The van der Waals surface area contributed by atoms with Gasteiger partial charge in [0.25, 0.3) is 5.91 Å². The number of amides is 1. The molecule has 1 fully saturated rings. The number of ketones is 1. The zero-order valence-electron chi connectivity index (χ0n) is 13.0. The van der Waals surface area contributed by atoms with Crippen LogP contribution in [0.5, 0.6) is 5.75 Å². The number of hydrogen-bond donors (Lipinski definition) is 0. The molecule has 2 rings (SSSR count). The van der Waals surface area contributed by atoms with Crippen molar-refractivity contribution in [3.8, 4) is 5.75 Å². The van der Waals surface area contributed by atoms with Crippen molar-refractivity contribution in [1.29, 1.82) is 0 Å². The first-order valence-electron chi connectivity index (χ1n) is 7.53. The highest BCUT2D eigenvalue weighted by atomic mass is 16.5. The third-order valence-electron chi connectivity index (χ3n) is 3.83. The van der Waals surface area contributed by atoms with E-state index in [-0.39, 0.29) is 18.1 Å². The molecule has 4 nitrogen and oxygen atoms in total. The molecule has 1 saturated carbocycles. The van der Waals surface area contributed by atoms with Crippen molar-refractivity contribution in [2.24, 2.45) is 0 Å². The van der Waals surface area contributed by atoms with Crippen LogP contribution in [0.25, 0.3) is 0 Å². The predicted octanol–water partition coefficient (Wildman–Crippen LogP) is 3.06. The normalized spacial score (nSPS) is 16.1. The Kier molecular flexibility index (Phi) is 4.99. The number of hydrogen-bond acceptors (Lipinski definition) is 3. The lowest BCUT2D eigenvalue weighted by Gasteiger charge is -2.30. The Hall–Kier alpha value is -1.84. The fourth-order valence-electron chi connectivity index (χ4n) is 2.66. The van der Waals surface area contributed by atoms with Crippen LogP contribution < -0.4 is 4.74 Å². The molecule has 0 saturated heterocycles. The molecule has 1 aromatic carbocycles. The molecule has 0 radical (unpaired) electrons. The summed E-state index contributed by atoms with van der Waals surface area (Å²) in [7, 11) is 1.82. The average Bonchev–Trinajstić information content (AvgIpc) is 2.46. The van der Waals surface area contributed by atoms with Crippen molar-refractivity contribution >= 4 is 11.7 Å². The van der Waals surface area contributed by atoms with Gasteiger partial charge in [0.2, 0.25) is 0 Å². The Morgan fingerprint density at radius 2 is 1.95 bits per heavy atom. The largest absolute Gasteiger partial charge is 0.491 e. The van der Waals surface area contributed by atoms with Crippen LogP contribution in [-0.2, 0) is 4.79 Å². The average molecular weight is 289 g/mol. The summed E-state index contributed by atoms with van der Waals surface area (Å²) in [5.74, 6) is 1.01. The fraction of sp³-hybridized carbons (Fsp3) is 0.529. The highest BCUT2D eigenvalue weighted by Crippen LogP contribution is 2.22. The van der Waals surface area contributed by atoms with Gasteiger partial charge < -0.3 is 9.64 Å². The van der Waals surface area contributed by atoms with E-state index in [0.717, 1.165) is 12.8 Å². The van der Waals surface area contributed by atoms with Crippen LogP contribution in [-0.4, -0.2) is 35.8 Å². The van der Waals surface area contributed by atoms with Gasteiger partial charge in [-0.05, 0) is 44.9 Å². The van der Waals surface area contributed by atoms with Gasteiger partial charge in [-0.3, -0.25) is 9.59 Å². The highest BCUT2D eigenvalue weighted by molar-refractivity contribution is 5.94. The highest BCUT2D eigenvalue weighted by Gasteiger charge is 2.26. The van der Waals surface area contributed by atoms with Gasteiger partial charge in [-0.2, -0.15) is 0 Å². The first-order valence-corrected chi connectivity index (χ1v) is 7.53. The standard InChI is InChI=1S/C17H23NO3/c1-12(2)21-16-6-4-5-13(11-16)17(20)18(3)14-7-9-15(19)10-8-14/h4-6,11-12,14H,7-10H2,1-3H3. The van der Waals surface area contributed by atoms with Crippen LogP contribution in [0.3, 0.4) is 0 Å². The Balaban J connectivity index is 2.06. The molecular formula is C17H23NO3. The van der Waals surface area contributed by atoms with Gasteiger partial charge in [-0.25, -0.2) is 0 Å². The van der Waals surface area contributed by atoms with Crippen LogP contribution in [0.2, 0.25) is 0 Å². The van der Waals surface area contributed by atoms with Gasteiger partial charge in [0.05, 0.1) is 6.10 Å². The zero-order valence-corrected chi connectivity index (χ0v) is 13.0. The second-order valence-corrected chi connectivity index (χ2v) is 5.88. The van der Waals surface area contributed by atoms with Crippen molar-refractivity contribution in [2.75, 3.05) is 7.05 Å². The van der Waals surface area contributed by atoms with Gasteiger partial charge in [0, 0.05) is 31.5 Å². The summed E-state index contributed by atoms with van der Waals surface area (Å²) in [6.45, 7) is 3.92. The van der Waals surface area contributed by atoms with E-state index in [1.807, 2.05) is 33.0 Å². The van der Waals surface area contributed by atoms with Crippen molar-refractivity contribution in [3.63, 3.8) is 0 Å². The summed E-state index contributed by atoms with van der Waals surface area (Å²) < 4.78 is 5.63. The zero-order chi connectivity index (χ0) is 15.4. The lowest BCUT2D eigenvalue weighted by Crippen LogP contribution is -2.39. The Bertz CT molecular complexity index is 515. The van der Waals surface area contributed by atoms with Crippen LogP contribution >= 0.6 is 0 Å². The third-order valence-corrected chi connectivity index (χ3v) is 3.83. The van der Waals surface area contributed by atoms with Gasteiger partial charge >= 0.3 is 0 Å². The molecule has 1 aliphatic rings. The number of rotatable bonds is 4. The first kappa shape index (κ1) is 15.5. The number of Topliss-reactive ketones (excluding diaryl/α,β-unsaturated/α-hetero) is 1. The number of nitrogens with zero attached hydrogens (tertiary/aromatic N) is 1. The molecule has 1 aliphatic carbocycles. The molecule has 0 aliphatic heterocycles. The maximum Gasteiger partial charge on any atom is 0.253 e.